The van der Waals surface area contributed by atoms with Crippen molar-refractivity contribution in [3.8, 4) is 5.75 Å². The molecule has 0 saturated carbocycles. The Morgan fingerprint density at radius 2 is 1.85 bits per heavy atom. The second-order valence-corrected chi connectivity index (χ2v) is 5.82. The van der Waals surface area contributed by atoms with Gasteiger partial charge in [-0.05, 0) is 25.9 Å². The van der Waals surface area contributed by atoms with E-state index in [2.05, 4.69) is 10.2 Å². The van der Waals surface area contributed by atoms with Crippen LogP contribution in [0.25, 0.3) is 21.8 Å². The fourth-order valence-corrected chi connectivity index (χ4v) is 2.50. The number of nitrogens with zero attached hydrogens (tertiary/aromatic N) is 3. The van der Waals surface area contributed by atoms with Crippen LogP contribution in [0.15, 0.2) is 35.8 Å². The van der Waals surface area contributed by atoms with Gasteiger partial charge < -0.3 is 9.67 Å². The zero-order valence-corrected chi connectivity index (χ0v) is 11.6. The number of phenolic OH excluding ortho intramolecular Hbond substituents is 1. The molecule has 3 aromatic rings. The highest BCUT2D eigenvalue weighted by Crippen LogP contribution is 2.42. The molecule has 0 amide bonds. The van der Waals surface area contributed by atoms with E-state index in [1.165, 1.54) is 0 Å². The lowest BCUT2D eigenvalue weighted by molar-refractivity contribution is 0.401. The Labute approximate surface area is 115 Å². The van der Waals surface area contributed by atoms with E-state index in [0.29, 0.717) is 21.8 Å². The van der Waals surface area contributed by atoms with E-state index >= 15 is 0 Å². The van der Waals surface area contributed by atoms with Crippen molar-refractivity contribution in [1.82, 2.24) is 9.55 Å². The molecule has 1 heterocycles. The lowest BCUT2D eigenvalue weighted by Gasteiger charge is -2.22. The Hall–Kier alpha value is -2.43. The van der Waals surface area contributed by atoms with Crippen LogP contribution in [-0.2, 0) is 5.54 Å². The number of imidazole rings is 1. The Bertz CT molecular complexity index is 828. The highest BCUT2D eigenvalue weighted by Gasteiger charge is 2.23. The van der Waals surface area contributed by atoms with Crippen molar-refractivity contribution in [3.05, 3.63) is 35.5 Å². The summed E-state index contributed by atoms with van der Waals surface area (Å²) in [7, 11) is 0. The third-order valence-corrected chi connectivity index (χ3v) is 3.47. The van der Waals surface area contributed by atoms with Crippen molar-refractivity contribution < 1.29 is 5.11 Å². The second-order valence-electron chi connectivity index (χ2n) is 5.82. The van der Waals surface area contributed by atoms with E-state index in [1.54, 1.807) is 18.5 Å². The number of nitroso groups, excluding NO2 is 1. The number of fused-ring (bicyclic) bond motifs is 2. The molecule has 0 bridgehead atoms. The van der Waals surface area contributed by atoms with Crippen LogP contribution in [0.3, 0.4) is 0 Å². The topological polar surface area (TPSA) is 67.5 Å². The van der Waals surface area contributed by atoms with Crippen molar-refractivity contribution in [2.75, 3.05) is 0 Å². The highest BCUT2D eigenvalue weighted by molar-refractivity contribution is 6.12. The standard InChI is InChI=1S/C15H15N3O2/c1-15(2,3)18-8-16-12-11(17-20)9-6-4-5-7-10(9)14(19)13(12)18/h4-8,19H,1-3H3. The molecule has 1 aromatic heterocycles. The molecule has 2 aromatic carbocycles. The number of hydrogen-bond donors (Lipinski definition) is 1. The third-order valence-electron chi connectivity index (χ3n) is 3.47. The lowest BCUT2D eigenvalue weighted by Crippen LogP contribution is -2.20. The number of phenols is 1. The molecular weight excluding hydrogens is 254 g/mol. The predicted molar refractivity (Wildman–Crippen MR) is 79.4 cm³/mol. The SMILES string of the molecule is CC(C)(C)n1cnc2c(N=O)c3ccccc3c(O)c21. The van der Waals surface area contributed by atoms with Crippen LogP contribution in [0, 0.1) is 4.91 Å². The number of hydrogen-bond acceptors (Lipinski definition) is 4. The van der Waals surface area contributed by atoms with Gasteiger partial charge in [-0.15, -0.1) is 4.91 Å². The van der Waals surface area contributed by atoms with E-state index in [4.69, 9.17) is 0 Å². The Kier molecular flexibility index (Phi) is 2.54. The second kappa shape index (κ2) is 4.03. The van der Waals surface area contributed by atoms with Gasteiger partial charge in [0.25, 0.3) is 0 Å². The van der Waals surface area contributed by atoms with Crippen LogP contribution in [0.1, 0.15) is 20.8 Å². The maximum absolute atomic E-state index is 11.2. The number of aromatic hydroxyl groups is 1. The summed E-state index contributed by atoms with van der Waals surface area (Å²) in [5.41, 5.74) is 1.00. The first-order valence-corrected chi connectivity index (χ1v) is 6.39. The molecule has 5 heteroatoms. The molecule has 5 nitrogen and oxygen atoms in total. The van der Waals surface area contributed by atoms with Gasteiger partial charge in [-0.2, -0.15) is 0 Å². The van der Waals surface area contributed by atoms with Crippen molar-refractivity contribution in [3.63, 3.8) is 0 Å². The first-order chi connectivity index (χ1) is 9.45. The van der Waals surface area contributed by atoms with Gasteiger partial charge in [-0.25, -0.2) is 4.98 Å². The molecule has 0 aliphatic heterocycles. The van der Waals surface area contributed by atoms with Crippen LogP contribution in [-0.4, -0.2) is 14.7 Å². The van der Waals surface area contributed by atoms with Crippen molar-refractivity contribution >= 4 is 27.5 Å². The van der Waals surface area contributed by atoms with E-state index in [-0.39, 0.29) is 17.0 Å². The summed E-state index contributed by atoms with van der Waals surface area (Å²) in [5, 5.41) is 14.9. The molecule has 0 aliphatic carbocycles. The summed E-state index contributed by atoms with van der Waals surface area (Å²) >= 11 is 0. The third kappa shape index (κ3) is 1.59. The molecule has 0 saturated heterocycles. The van der Waals surface area contributed by atoms with Crippen LogP contribution < -0.4 is 0 Å². The molecular formula is C15H15N3O2. The van der Waals surface area contributed by atoms with Gasteiger partial charge in [-0.1, -0.05) is 24.3 Å². The molecule has 0 spiro atoms. The van der Waals surface area contributed by atoms with Gasteiger partial charge in [0.1, 0.15) is 22.5 Å². The molecule has 0 aliphatic rings. The van der Waals surface area contributed by atoms with Crippen molar-refractivity contribution in [1.29, 1.82) is 0 Å². The Morgan fingerprint density at radius 3 is 2.45 bits per heavy atom. The van der Waals surface area contributed by atoms with Gasteiger partial charge in [0.05, 0.1) is 6.33 Å². The molecule has 0 unspecified atom stereocenters. The smallest absolute Gasteiger partial charge is 0.149 e. The molecule has 0 atom stereocenters. The summed E-state index contributed by atoms with van der Waals surface area (Å²) in [6.45, 7) is 6.03. The van der Waals surface area contributed by atoms with E-state index in [1.807, 2.05) is 37.5 Å². The monoisotopic (exact) mass is 269 g/mol. The summed E-state index contributed by atoms with van der Waals surface area (Å²) in [4.78, 5) is 15.5. The van der Waals surface area contributed by atoms with Gasteiger partial charge in [0.15, 0.2) is 0 Å². The maximum Gasteiger partial charge on any atom is 0.149 e. The fraction of sp³-hybridized carbons (Fsp3) is 0.267. The number of benzene rings is 2. The number of aromatic nitrogens is 2. The van der Waals surface area contributed by atoms with E-state index in [9.17, 15) is 10.0 Å². The fourth-order valence-electron chi connectivity index (χ4n) is 2.50. The van der Waals surface area contributed by atoms with Gasteiger partial charge in [-0.3, -0.25) is 0 Å². The predicted octanol–water partition coefficient (Wildman–Crippen LogP) is 4.05. The largest absolute Gasteiger partial charge is 0.505 e. The highest BCUT2D eigenvalue weighted by atomic mass is 16.3. The zero-order valence-electron chi connectivity index (χ0n) is 11.6. The number of rotatable bonds is 1. The lowest BCUT2D eigenvalue weighted by atomic mass is 10.0. The van der Waals surface area contributed by atoms with Crippen molar-refractivity contribution in [2.45, 2.75) is 26.3 Å². The van der Waals surface area contributed by atoms with Crippen LogP contribution in [0.2, 0.25) is 0 Å². The molecule has 1 N–H and O–H groups in total. The average Bonchev–Trinajstić information content (AvgIpc) is 2.84. The minimum Gasteiger partial charge on any atom is -0.505 e. The first-order valence-electron chi connectivity index (χ1n) is 6.39. The van der Waals surface area contributed by atoms with Gasteiger partial charge in [0, 0.05) is 16.3 Å². The molecule has 3 rings (SSSR count). The molecule has 0 fully saturated rings. The minimum absolute atomic E-state index is 0.135. The summed E-state index contributed by atoms with van der Waals surface area (Å²) in [6, 6.07) is 7.17. The Balaban J connectivity index is 2.59. The van der Waals surface area contributed by atoms with Crippen molar-refractivity contribution in [2.24, 2.45) is 5.18 Å². The summed E-state index contributed by atoms with van der Waals surface area (Å²) in [5.74, 6) is 0.135. The Morgan fingerprint density at radius 1 is 1.20 bits per heavy atom. The summed E-state index contributed by atoms with van der Waals surface area (Å²) < 4.78 is 1.86. The summed E-state index contributed by atoms with van der Waals surface area (Å²) in [6.07, 6.45) is 1.64. The normalized spacial score (nSPS) is 12.2. The molecule has 102 valence electrons. The van der Waals surface area contributed by atoms with Crippen LogP contribution >= 0.6 is 0 Å². The first kappa shape index (κ1) is 12.6. The minimum atomic E-state index is -0.255. The maximum atomic E-state index is 11.2. The van der Waals surface area contributed by atoms with Crippen LogP contribution in [0.5, 0.6) is 5.75 Å². The average molecular weight is 269 g/mol. The van der Waals surface area contributed by atoms with E-state index < -0.39 is 0 Å². The van der Waals surface area contributed by atoms with E-state index in [0.717, 1.165) is 0 Å². The van der Waals surface area contributed by atoms with Gasteiger partial charge >= 0.3 is 0 Å². The van der Waals surface area contributed by atoms with Crippen LogP contribution in [0.4, 0.5) is 5.69 Å². The van der Waals surface area contributed by atoms with Gasteiger partial charge in [0.2, 0.25) is 0 Å². The molecule has 20 heavy (non-hydrogen) atoms. The zero-order chi connectivity index (χ0) is 14.5. The molecule has 0 radical (unpaired) electrons. The quantitative estimate of drug-likeness (QED) is 0.678.